The van der Waals surface area contributed by atoms with Crippen molar-refractivity contribution < 1.29 is 13.5 Å². The van der Waals surface area contributed by atoms with Crippen molar-refractivity contribution in [2.24, 2.45) is 5.92 Å². The van der Waals surface area contributed by atoms with Crippen LogP contribution in [0.1, 0.15) is 25.8 Å². The molecule has 1 unspecified atom stereocenters. The molecular formula is C13H21ClN2O3S. The molecule has 114 valence electrons. The standard InChI is InChI=1S/C13H21ClN2O3S/c1-8(2)4-10(17)7-16-20(18,19)11-5-9(3)13(14)12(15)6-11/h5-6,8,10,16-17H,4,7,15H2,1-3H3. The van der Waals surface area contributed by atoms with E-state index in [9.17, 15) is 13.5 Å². The smallest absolute Gasteiger partial charge is 0.240 e. The minimum atomic E-state index is -3.70. The number of rotatable bonds is 6. The average Bonchev–Trinajstić information content (AvgIpc) is 2.32. The van der Waals surface area contributed by atoms with Gasteiger partial charge in [-0.2, -0.15) is 0 Å². The van der Waals surface area contributed by atoms with Crippen molar-refractivity contribution >= 4 is 27.3 Å². The van der Waals surface area contributed by atoms with Crippen molar-refractivity contribution in [1.29, 1.82) is 0 Å². The zero-order valence-electron chi connectivity index (χ0n) is 11.9. The third kappa shape index (κ3) is 4.63. The van der Waals surface area contributed by atoms with Crippen LogP contribution in [0.25, 0.3) is 0 Å². The van der Waals surface area contributed by atoms with E-state index in [4.69, 9.17) is 17.3 Å². The number of anilines is 1. The number of aliphatic hydroxyl groups is 1. The van der Waals surface area contributed by atoms with E-state index in [0.717, 1.165) is 0 Å². The Bertz CT molecular complexity index is 550. The van der Waals surface area contributed by atoms with E-state index in [1.54, 1.807) is 6.92 Å². The van der Waals surface area contributed by atoms with Gasteiger partial charge in [0.15, 0.2) is 0 Å². The summed E-state index contributed by atoms with van der Waals surface area (Å²) < 4.78 is 26.6. The Kier molecular flexibility index (Phi) is 5.82. The third-order valence-electron chi connectivity index (χ3n) is 2.82. The number of nitrogens with one attached hydrogen (secondary N) is 1. The van der Waals surface area contributed by atoms with Crippen LogP contribution in [-0.2, 0) is 10.0 Å². The van der Waals surface area contributed by atoms with Crippen LogP contribution in [0, 0.1) is 12.8 Å². The van der Waals surface area contributed by atoms with Gasteiger partial charge < -0.3 is 10.8 Å². The summed E-state index contributed by atoms with van der Waals surface area (Å²) in [6.07, 6.45) is -0.180. The van der Waals surface area contributed by atoms with Crippen molar-refractivity contribution in [2.75, 3.05) is 12.3 Å². The molecule has 7 heteroatoms. The highest BCUT2D eigenvalue weighted by molar-refractivity contribution is 7.89. The number of nitrogens with two attached hydrogens (primary N) is 1. The molecular weight excluding hydrogens is 300 g/mol. The Morgan fingerprint density at radius 2 is 2.00 bits per heavy atom. The molecule has 4 N–H and O–H groups in total. The van der Waals surface area contributed by atoms with Crippen molar-refractivity contribution in [1.82, 2.24) is 4.72 Å². The number of hydrogen-bond donors (Lipinski definition) is 3. The zero-order chi connectivity index (χ0) is 15.5. The maximum absolute atomic E-state index is 12.1. The number of aliphatic hydroxyl groups excluding tert-OH is 1. The molecule has 1 rings (SSSR count). The molecule has 0 heterocycles. The van der Waals surface area contributed by atoms with Gasteiger partial charge in [0.25, 0.3) is 0 Å². The molecule has 0 aliphatic carbocycles. The Balaban J connectivity index is 2.84. The fraction of sp³-hybridized carbons (Fsp3) is 0.538. The molecule has 0 aliphatic heterocycles. The molecule has 1 atom stereocenters. The van der Waals surface area contributed by atoms with Crippen LogP contribution in [0.15, 0.2) is 17.0 Å². The first-order chi connectivity index (χ1) is 9.13. The van der Waals surface area contributed by atoms with Crippen LogP contribution in [0.2, 0.25) is 5.02 Å². The Labute approximate surface area is 125 Å². The second-order valence-corrected chi connectivity index (χ2v) is 7.42. The monoisotopic (exact) mass is 320 g/mol. The van der Waals surface area contributed by atoms with Gasteiger partial charge in [-0.1, -0.05) is 25.4 Å². The zero-order valence-corrected chi connectivity index (χ0v) is 13.4. The van der Waals surface area contributed by atoms with Crippen molar-refractivity contribution in [3.8, 4) is 0 Å². The highest BCUT2D eigenvalue weighted by Crippen LogP contribution is 2.26. The Morgan fingerprint density at radius 1 is 1.40 bits per heavy atom. The van der Waals surface area contributed by atoms with E-state index in [2.05, 4.69) is 4.72 Å². The fourth-order valence-corrected chi connectivity index (χ4v) is 3.14. The topological polar surface area (TPSA) is 92.4 Å². The maximum Gasteiger partial charge on any atom is 0.240 e. The summed E-state index contributed by atoms with van der Waals surface area (Å²) in [5.41, 5.74) is 6.48. The molecule has 0 amide bonds. The van der Waals surface area contributed by atoms with Crippen LogP contribution < -0.4 is 10.5 Å². The molecule has 0 bridgehead atoms. The number of nitrogen functional groups attached to an aromatic ring is 1. The van der Waals surface area contributed by atoms with Crippen LogP contribution in [0.4, 0.5) is 5.69 Å². The number of benzene rings is 1. The van der Waals surface area contributed by atoms with Gasteiger partial charge >= 0.3 is 0 Å². The maximum atomic E-state index is 12.1. The number of sulfonamides is 1. The van der Waals surface area contributed by atoms with Crippen molar-refractivity contribution in [2.45, 2.75) is 38.2 Å². The summed E-state index contributed by atoms with van der Waals surface area (Å²) in [5.74, 6) is 0.294. The second-order valence-electron chi connectivity index (χ2n) is 5.28. The minimum Gasteiger partial charge on any atom is -0.397 e. The number of hydrogen-bond acceptors (Lipinski definition) is 4. The average molecular weight is 321 g/mol. The van der Waals surface area contributed by atoms with Crippen molar-refractivity contribution in [3.63, 3.8) is 0 Å². The SMILES string of the molecule is Cc1cc(S(=O)(=O)NCC(O)CC(C)C)cc(N)c1Cl. The van der Waals surface area contributed by atoms with Crippen molar-refractivity contribution in [3.05, 3.63) is 22.7 Å². The van der Waals surface area contributed by atoms with E-state index in [0.29, 0.717) is 22.9 Å². The molecule has 0 aliphatic rings. The van der Waals surface area contributed by atoms with Gasteiger partial charge in [0.2, 0.25) is 10.0 Å². The molecule has 0 aromatic heterocycles. The fourth-order valence-electron chi connectivity index (χ4n) is 1.83. The predicted molar refractivity (Wildman–Crippen MR) is 81.3 cm³/mol. The molecule has 0 saturated carbocycles. The van der Waals surface area contributed by atoms with Gasteiger partial charge in [-0.15, -0.1) is 0 Å². The molecule has 1 aromatic rings. The summed E-state index contributed by atoms with van der Waals surface area (Å²) in [7, 11) is -3.70. The lowest BCUT2D eigenvalue weighted by atomic mass is 10.1. The first-order valence-electron chi connectivity index (χ1n) is 6.37. The summed E-state index contributed by atoms with van der Waals surface area (Å²) in [6.45, 7) is 5.58. The van der Waals surface area contributed by atoms with Gasteiger partial charge in [-0.05, 0) is 37.0 Å². The van der Waals surface area contributed by atoms with E-state index in [-0.39, 0.29) is 17.1 Å². The van der Waals surface area contributed by atoms with E-state index < -0.39 is 16.1 Å². The highest BCUT2D eigenvalue weighted by atomic mass is 35.5. The van der Waals surface area contributed by atoms with Gasteiger partial charge in [-0.25, -0.2) is 13.1 Å². The molecule has 1 aromatic carbocycles. The number of aryl methyl sites for hydroxylation is 1. The van der Waals surface area contributed by atoms with Gasteiger partial charge in [0.1, 0.15) is 0 Å². The van der Waals surface area contributed by atoms with Gasteiger partial charge in [0.05, 0.1) is 21.7 Å². The third-order valence-corrected chi connectivity index (χ3v) is 4.74. The second kappa shape index (κ2) is 6.76. The molecule has 20 heavy (non-hydrogen) atoms. The van der Waals surface area contributed by atoms with E-state index in [1.807, 2.05) is 13.8 Å². The van der Waals surface area contributed by atoms with Crippen LogP contribution in [0.3, 0.4) is 0 Å². The summed E-state index contributed by atoms with van der Waals surface area (Å²) in [6, 6.07) is 2.77. The largest absolute Gasteiger partial charge is 0.397 e. The van der Waals surface area contributed by atoms with E-state index in [1.165, 1.54) is 12.1 Å². The molecule has 0 radical (unpaired) electrons. The lowest BCUT2D eigenvalue weighted by Gasteiger charge is -2.15. The molecule has 5 nitrogen and oxygen atoms in total. The summed E-state index contributed by atoms with van der Waals surface area (Å²) >= 11 is 5.90. The normalized spacial score (nSPS) is 13.7. The molecule has 0 fully saturated rings. The molecule has 0 spiro atoms. The van der Waals surface area contributed by atoms with Crippen LogP contribution in [0.5, 0.6) is 0 Å². The summed E-state index contributed by atoms with van der Waals surface area (Å²) in [5, 5.41) is 10.1. The van der Waals surface area contributed by atoms with E-state index >= 15 is 0 Å². The Morgan fingerprint density at radius 3 is 2.50 bits per heavy atom. The Hall–Kier alpha value is -0.820. The summed E-state index contributed by atoms with van der Waals surface area (Å²) in [4.78, 5) is 0.0497. The highest BCUT2D eigenvalue weighted by Gasteiger charge is 2.18. The van der Waals surface area contributed by atoms with Crippen LogP contribution in [-0.4, -0.2) is 26.2 Å². The van der Waals surface area contributed by atoms with Crippen LogP contribution >= 0.6 is 11.6 Å². The quantitative estimate of drug-likeness (QED) is 0.698. The lowest BCUT2D eigenvalue weighted by Crippen LogP contribution is -2.32. The van der Waals surface area contributed by atoms with Gasteiger partial charge in [0, 0.05) is 6.54 Å². The van der Waals surface area contributed by atoms with Gasteiger partial charge in [-0.3, -0.25) is 0 Å². The lowest BCUT2D eigenvalue weighted by molar-refractivity contribution is 0.152. The first kappa shape index (κ1) is 17.2. The number of halogens is 1. The molecule has 0 saturated heterocycles. The predicted octanol–water partition coefficient (Wildman–Crippen LogP) is 1.92. The first-order valence-corrected chi connectivity index (χ1v) is 8.23. The minimum absolute atomic E-state index is 0.0257.